The lowest BCUT2D eigenvalue weighted by Gasteiger charge is -2.13. The van der Waals surface area contributed by atoms with Crippen molar-refractivity contribution >= 4 is 31.6 Å². The van der Waals surface area contributed by atoms with E-state index in [1.54, 1.807) is 0 Å². The van der Waals surface area contributed by atoms with Crippen LogP contribution >= 0.6 is 15.9 Å². The third-order valence-corrected chi connectivity index (χ3v) is 4.80. The van der Waals surface area contributed by atoms with E-state index in [9.17, 15) is 12.8 Å². The van der Waals surface area contributed by atoms with Gasteiger partial charge in [0.15, 0.2) is 5.75 Å². The molecule has 0 radical (unpaired) electrons. The number of anilines is 1. The quantitative estimate of drug-likeness (QED) is 0.850. The van der Waals surface area contributed by atoms with Crippen LogP contribution in [0.2, 0.25) is 0 Å². The van der Waals surface area contributed by atoms with Gasteiger partial charge in [-0.05, 0) is 46.3 Å². The Labute approximate surface area is 136 Å². The largest absolute Gasteiger partial charge is 0.497 e. The van der Waals surface area contributed by atoms with Gasteiger partial charge in [-0.3, -0.25) is 4.72 Å². The summed E-state index contributed by atoms with van der Waals surface area (Å²) in [4.78, 5) is 0.0238. The molecule has 0 spiro atoms. The molecule has 0 atom stereocenters. The highest BCUT2D eigenvalue weighted by Gasteiger charge is 2.19. The molecule has 118 valence electrons. The third-order valence-electron chi connectivity index (χ3n) is 2.83. The maximum absolute atomic E-state index is 13.5. The van der Waals surface area contributed by atoms with Gasteiger partial charge in [-0.25, -0.2) is 12.8 Å². The number of hydrogen-bond acceptors (Lipinski definition) is 4. The molecule has 0 aromatic heterocycles. The molecule has 0 aliphatic heterocycles. The van der Waals surface area contributed by atoms with E-state index in [0.717, 1.165) is 6.07 Å². The van der Waals surface area contributed by atoms with Crippen LogP contribution in [0.25, 0.3) is 0 Å². The molecule has 1 N–H and O–H groups in total. The number of ether oxygens (including phenoxy) is 2. The molecule has 22 heavy (non-hydrogen) atoms. The molecule has 0 aliphatic carbocycles. The highest BCUT2D eigenvalue weighted by atomic mass is 79.9. The lowest BCUT2D eigenvalue weighted by molar-refractivity contribution is 0.413. The predicted molar refractivity (Wildman–Crippen MR) is 84.5 cm³/mol. The number of hydrogen-bond donors (Lipinski definition) is 1. The van der Waals surface area contributed by atoms with Crippen molar-refractivity contribution in [3.8, 4) is 11.5 Å². The zero-order chi connectivity index (χ0) is 16.3. The van der Waals surface area contributed by atoms with Crippen LogP contribution in [0.5, 0.6) is 11.5 Å². The first-order chi connectivity index (χ1) is 10.4. The van der Waals surface area contributed by atoms with Gasteiger partial charge >= 0.3 is 0 Å². The van der Waals surface area contributed by atoms with E-state index in [2.05, 4.69) is 20.7 Å². The number of benzene rings is 2. The van der Waals surface area contributed by atoms with Gasteiger partial charge in [0.2, 0.25) is 0 Å². The van der Waals surface area contributed by atoms with Crippen molar-refractivity contribution in [2.75, 3.05) is 18.9 Å². The van der Waals surface area contributed by atoms with Crippen LogP contribution in [-0.4, -0.2) is 22.6 Å². The number of sulfonamides is 1. The van der Waals surface area contributed by atoms with E-state index in [4.69, 9.17) is 9.47 Å². The molecule has 0 heterocycles. The minimum absolute atomic E-state index is 0.00481. The van der Waals surface area contributed by atoms with Crippen LogP contribution in [0.1, 0.15) is 0 Å². The van der Waals surface area contributed by atoms with Crippen LogP contribution in [0.4, 0.5) is 10.1 Å². The van der Waals surface area contributed by atoms with Crippen molar-refractivity contribution in [3.63, 3.8) is 0 Å². The topological polar surface area (TPSA) is 64.6 Å². The fourth-order valence-corrected chi connectivity index (χ4v) is 3.45. The Balaban J connectivity index is 2.40. The summed E-state index contributed by atoms with van der Waals surface area (Å²) in [5.74, 6) is 0.128. The van der Waals surface area contributed by atoms with Gasteiger partial charge in [0.25, 0.3) is 10.0 Å². The predicted octanol–water partition coefficient (Wildman–Crippen LogP) is 3.41. The van der Waals surface area contributed by atoms with Crippen LogP contribution in [-0.2, 0) is 10.0 Å². The van der Waals surface area contributed by atoms with E-state index in [-0.39, 0.29) is 16.3 Å². The Bertz CT molecular complexity index is 778. The maximum Gasteiger partial charge on any atom is 0.262 e. The minimum atomic E-state index is -3.88. The summed E-state index contributed by atoms with van der Waals surface area (Å²) in [5, 5.41) is 0. The normalized spacial score (nSPS) is 11.1. The highest BCUT2D eigenvalue weighted by Crippen LogP contribution is 2.35. The summed E-state index contributed by atoms with van der Waals surface area (Å²) in [5.41, 5.74) is 0.00481. The van der Waals surface area contributed by atoms with Gasteiger partial charge in [0.05, 0.1) is 29.3 Å². The first kappa shape index (κ1) is 16.6. The molecule has 0 saturated heterocycles. The number of rotatable bonds is 5. The van der Waals surface area contributed by atoms with Gasteiger partial charge < -0.3 is 9.47 Å². The zero-order valence-corrected chi connectivity index (χ0v) is 14.2. The summed E-state index contributed by atoms with van der Waals surface area (Å²) in [6.07, 6.45) is 0. The molecule has 0 aliphatic rings. The van der Waals surface area contributed by atoms with E-state index in [1.807, 2.05) is 0 Å². The maximum atomic E-state index is 13.5. The van der Waals surface area contributed by atoms with Crippen LogP contribution in [0.15, 0.2) is 45.8 Å². The van der Waals surface area contributed by atoms with Gasteiger partial charge in [-0.15, -0.1) is 0 Å². The fourth-order valence-electron chi connectivity index (χ4n) is 1.80. The Hall–Kier alpha value is -1.80. The van der Waals surface area contributed by atoms with Crippen molar-refractivity contribution in [3.05, 3.63) is 46.7 Å². The van der Waals surface area contributed by atoms with Gasteiger partial charge in [0, 0.05) is 6.07 Å². The van der Waals surface area contributed by atoms with Crippen molar-refractivity contribution in [2.45, 2.75) is 4.90 Å². The molecule has 8 heteroatoms. The second kappa shape index (κ2) is 6.53. The molecule has 0 fully saturated rings. The zero-order valence-electron chi connectivity index (χ0n) is 11.8. The second-order valence-corrected chi connectivity index (χ2v) is 6.79. The standard InChI is InChI=1S/C14H13BrFNO4S/c1-20-10-3-5-11(6-4-10)22(18,19)17-13-8-9(16)7-12(15)14(13)21-2/h3-8,17H,1-2H3. The van der Waals surface area contributed by atoms with E-state index in [1.165, 1.54) is 44.6 Å². The van der Waals surface area contributed by atoms with Gasteiger partial charge in [0.1, 0.15) is 11.6 Å². The molecular weight excluding hydrogens is 377 g/mol. The van der Waals surface area contributed by atoms with Gasteiger partial charge in [-0.2, -0.15) is 0 Å². The molecule has 0 bridgehead atoms. The average molecular weight is 390 g/mol. The summed E-state index contributed by atoms with van der Waals surface area (Å²) in [6.45, 7) is 0. The van der Waals surface area contributed by atoms with Crippen molar-refractivity contribution in [1.29, 1.82) is 0 Å². The number of halogens is 2. The average Bonchev–Trinajstić information content (AvgIpc) is 2.46. The lowest BCUT2D eigenvalue weighted by Crippen LogP contribution is -2.14. The molecule has 0 unspecified atom stereocenters. The molecular formula is C14H13BrFNO4S. The van der Waals surface area contributed by atoms with Crippen molar-refractivity contribution in [1.82, 2.24) is 0 Å². The van der Waals surface area contributed by atoms with E-state index >= 15 is 0 Å². The summed E-state index contributed by atoms with van der Waals surface area (Å²) in [6, 6.07) is 8.05. The highest BCUT2D eigenvalue weighted by molar-refractivity contribution is 9.10. The molecule has 2 rings (SSSR count). The lowest BCUT2D eigenvalue weighted by atomic mass is 10.3. The smallest absolute Gasteiger partial charge is 0.262 e. The van der Waals surface area contributed by atoms with Crippen LogP contribution in [0, 0.1) is 5.82 Å². The summed E-state index contributed by atoms with van der Waals surface area (Å²) in [7, 11) is -1.03. The Morgan fingerprint density at radius 2 is 1.73 bits per heavy atom. The Kier molecular flexibility index (Phi) is 4.92. The monoisotopic (exact) mass is 389 g/mol. The van der Waals surface area contributed by atoms with Crippen molar-refractivity contribution < 1.29 is 22.3 Å². The number of methoxy groups -OCH3 is 2. The summed E-state index contributed by atoms with van der Waals surface area (Å²) < 4.78 is 50.9. The van der Waals surface area contributed by atoms with E-state index < -0.39 is 15.8 Å². The molecule has 0 saturated carbocycles. The van der Waals surface area contributed by atoms with Crippen LogP contribution < -0.4 is 14.2 Å². The summed E-state index contributed by atoms with van der Waals surface area (Å²) >= 11 is 3.12. The number of nitrogens with one attached hydrogen (secondary N) is 1. The second-order valence-electron chi connectivity index (χ2n) is 4.25. The van der Waals surface area contributed by atoms with Gasteiger partial charge in [-0.1, -0.05) is 0 Å². The first-order valence-corrected chi connectivity index (χ1v) is 8.35. The third kappa shape index (κ3) is 3.50. The molecule has 0 amide bonds. The Morgan fingerprint density at radius 3 is 2.27 bits per heavy atom. The Morgan fingerprint density at radius 1 is 1.09 bits per heavy atom. The minimum Gasteiger partial charge on any atom is -0.497 e. The first-order valence-electron chi connectivity index (χ1n) is 6.07. The van der Waals surface area contributed by atoms with Crippen molar-refractivity contribution in [2.24, 2.45) is 0 Å². The molecule has 2 aromatic carbocycles. The van der Waals surface area contributed by atoms with E-state index in [0.29, 0.717) is 10.2 Å². The molecule has 2 aromatic rings. The fraction of sp³-hybridized carbons (Fsp3) is 0.143. The molecule has 5 nitrogen and oxygen atoms in total. The van der Waals surface area contributed by atoms with Crippen LogP contribution in [0.3, 0.4) is 0 Å². The SMILES string of the molecule is COc1ccc(S(=O)(=O)Nc2cc(F)cc(Br)c2OC)cc1.